The lowest BCUT2D eigenvalue weighted by molar-refractivity contribution is -0.137. The van der Waals surface area contributed by atoms with E-state index in [1.54, 1.807) is 4.90 Å². The van der Waals surface area contributed by atoms with E-state index in [0.717, 1.165) is 31.7 Å². The molecule has 0 bridgehead atoms. The van der Waals surface area contributed by atoms with Gasteiger partial charge in [-0.1, -0.05) is 0 Å². The molecule has 0 radical (unpaired) electrons. The number of anilines is 1. The van der Waals surface area contributed by atoms with Crippen LogP contribution in [0.4, 0.5) is 19.0 Å². The summed E-state index contributed by atoms with van der Waals surface area (Å²) in [5, 5.41) is 0. The summed E-state index contributed by atoms with van der Waals surface area (Å²) in [6.45, 7) is 1.20. The van der Waals surface area contributed by atoms with Gasteiger partial charge < -0.3 is 10.6 Å². The van der Waals surface area contributed by atoms with Gasteiger partial charge in [0, 0.05) is 18.8 Å². The zero-order valence-electron chi connectivity index (χ0n) is 10.7. The van der Waals surface area contributed by atoms with Crippen LogP contribution >= 0.6 is 0 Å². The van der Waals surface area contributed by atoms with E-state index in [4.69, 9.17) is 5.73 Å². The Labute approximate surface area is 110 Å². The molecular weight excluding hydrogens is 255 g/mol. The molecule has 0 saturated carbocycles. The van der Waals surface area contributed by atoms with Gasteiger partial charge in [0.25, 0.3) is 0 Å². The van der Waals surface area contributed by atoms with Crippen molar-refractivity contribution < 1.29 is 13.2 Å². The van der Waals surface area contributed by atoms with Crippen molar-refractivity contribution in [3.05, 3.63) is 23.9 Å². The number of nitrogens with zero attached hydrogens (tertiary/aromatic N) is 2. The first-order valence-electron chi connectivity index (χ1n) is 6.53. The molecule has 1 aliphatic rings. The van der Waals surface area contributed by atoms with Crippen molar-refractivity contribution in [1.29, 1.82) is 0 Å². The average molecular weight is 273 g/mol. The average Bonchev–Trinajstić information content (AvgIpc) is 2.83. The lowest BCUT2D eigenvalue weighted by atomic mass is 10.1. The predicted octanol–water partition coefficient (Wildman–Crippen LogP) is 2.81. The Morgan fingerprint density at radius 2 is 2.21 bits per heavy atom. The van der Waals surface area contributed by atoms with Crippen LogP contribution in [0.2, 0.25) is 0 Å². The molecule has 2 rings (SSSR count). The van der Waals surface area contributed by atoms with Crippen molar-refractivity contribution in [2.75, 3.05) is 18.0 Å². The van der Waals surface area contributed by atoms with Crippen LogP contribution in [0.1, 0.15) is 31.2 Å². The fourth-order valence-electron chi connectivity index (χ4n) is 2.62. The molecule has 6 heteroatoms. The second-order valence-electron chi connectivity index (χ2n) is 4.79. The molecule has 3 nitrogen and oxygen atoms in total. The van der Waals surface area contributed by atoms with E-state index in [-0.39, 0.29) is 11.9 Å². The fraction of sp³-hybridized carbons (Fsp3) is 0.615. The highest BCUT2D eigenvalue weighted by atomic mass is 19.4. The number of hydrogen-bond acceptors (Lipinski definition) is 3. The molecule has 1 aliphatic heterocycles. The van der Waals surface area contributed by atoms with Gasteiger partial charge in [-0.2, -0.15) is 13.2 Å². The highest BCUT2D eigenvalue weighted by molar-refractivity contribution is 5.50. The quantitative estimate of drug-likeness (QED) is 0.917. The maximum absolute atomic E-state index is 13.0. The van der Waals surface area contributed by atoms with Gasteiger partial charge in [0.1, 0.15) is 5.82 Å². The summed E-state index contributed by atoms with van der Waals surface area (Å²) in [6, 6.07) is 2.55. The van der Waals surface area contributed by atoms with Crippen molar-refractivity contribution in [2.24, 2.45) is 5.73 Å². The zero-order chi connectivity index (χ0) is 13.9. The third-order valence-electron chi connectivity index (χ3n) is 3.48. The smallest absolute Gasteiger partial charge is 0.353 e. The Morgan fingerprint density at radius 3 is 2.89 bits per heavy atom. The summed E-state index contributed by atoms with van der Waals surface area (Å²) in [5.41, 5.74) is 4.83. The molecule has 0 aromatic carbocycles. The molecule has 1 saturated heterocycles. The highest BCUT2D eigenvalue weighted by Gasteiger charge is 2.37. The number of rotatable bonds is 4. The first-order valence-corrected chi connectivity index (χ1v) is 6.53. The van der Waals surface area contributed by atoms with Gasteiger partial charge in [0.15, 0.2) is 0 Å². The van der Waals surface area contributed by atoms with Crippen LogP contribution in [0.3, 0.4) is 0 Å². The van der Waals surface area contributed by atoms with Crippen LogP contribution in [0, 0.1) is 0 Å². The lowest BCUT2D eigenvalue weighted by Crippen LogP contribution is -2.32. The standard InChI is InChI=1S/C13H18F3N3/c14-13(15,16)11-6-2-8-18-12(11)19-9-3-5-10(19)4-1-7-17/h2,6,8,10H,1,3-5,7,9,17H2. The minimum atomic E-state index is -4.36. The molecule has 19 heavy (non-hydrogen) atoms. The molecule has 0 spiro atoms. The van der Waals surface area contributed by atoms with Gasteiger partial charge in [-0.25, -0.2) is 4.98 Å². The fourth-order valence-corrected chi connectivity index (χ4v) is 2.62. The second kappa shape index (κ2) is 5.77. The van der Waals surface area contributed by atoms with E-state index in [1.807, 2.05) is 0 Å². The Balaban J connectivity index is 2.25. The number of pyridine rings is 1. The summed E-state index contributed by atoms with van der Waals surface area (Å²) in [7, 11) is 0. The van der Waals surface area contributed by atoms with E-state index in [2.05, 4.69) is 4.98 Å². The van der Waals surface area contributed by atoms with E-state index < -0.39 is 11.7 Å². The third-order valence-corrected chi connectivity index (χ3v) is 3.48. The monoisotopic (exact) mass is 273 g/mol. The van der Waals surface area contributed by atoms with Crippen molar-refractivity contribution in [2.45, 2.75) is 37.9 Å². The minimum absolute atomic E-state index is 0.0644. The summed E-state index contributed by atoms with van der Waals surface area (Å²) in [5.74, 6) is 0.0644. The van der Waals surface area contributed by atoms with E-state index in [0.29, 0.717) is 13.1 Å². The van der Waals surface area contributed by atoms with Gasteiger partial charge in [0.05, 0.1) is 5.56 Å². The topological polar surface area (TPSA) is 42.1 Å². The van der Waals surface area contributed by atoms with Crippen molar-refractivity contribution in [3.8, 4) is 0 Å². The number of halogens is 3. The first-order chi connectivity index (χ1) is 9.04. The maximum Gasteiger partial charge on any atom is 0.419 e. The number of nitrogens with two attached hydrogens (primary N) is 1. The van der Waals surface area contributed by atoms with Gasteiger partial charge >= 0.3 is 6.18 Å². The van der Waals surface area contributed by atoms with Crippen molar-refractivity contribution >= 4 is 5.82 Å². The SMILES string of the molecule is NCCCC1CCCN1c1ncccc1C(F)(F)F. The lowest BCUT2D eigenvalue weighted by Gasteiger charge is -2.28. The molecule has 0 aliphatic carbocycles. The molecule has 0 amide bonds. The van der Waals surface area contributed by atoms with Crippen LogP contribution in [0.25, 0.3) is 0 Å². The molecule has 1 aromatic heterocycles. The summed E-state index contributed by atoms with van der Waals surface area (Å²) in [4.78, 5) is 5.75. The normalized spacial score (nSPS) is 20.0. The molecule has 1 unspecified atom stereocenters. The molecule has 106 valence electrons. The largest absolute Gasteiger partial charge is 0.419 e. The van der Waals surface area contributed by atoms with Crippen molar-refractivity contribution in [1.82, 2.24) is 4.98 Å². The summed E-state index contributed by atoms with van der Waals surface area (Å²) >= 11 is 0. The van der Waals surface area contributed by atoms with Gasteiger partial charge in [-0.15, -0.1) is 0 Å². The van der Waals surface area contributed by atoms with E-state index >= 15 is 0 Å². The van der Waals surface area contributed by atoms with Gasteiger partial charge in [-0.05, 0) is 44.4 Å². The Bertz CT molecular complexity index is 420. The van der Waals surface area contributed by atoms with Gasteiger partial charge in [0.2, 0.25) is 0 Å². The van der Waals surface area contributed by atoms with Crippen LogP contribution in [0.5, 0.6) is 0 Å². The van der Waals surface area contributed by atoms with Crippen LogP contribution < -0.4 is 10.6 Å². The third kappa shape index (κ3) is 3.18. The van der Waals surface area contributed by atoms with E-state index in [1.165, 1.54) is 12.3 Å². The van der Waals surface area contributed by atoms with Crippen LogP contribution in [-0.2, 0) is 6.18 Å². The predicted molar refractivity (Wildman–Crippen MR) is 67.9 cm³/mol. The second-order valence-corrected chi connectivity index (χ2v) is 4.79. The van der Waals surface area contributed by atoms with Gasteiger partial charge in [-0.3, -0.25) is 0 Å². The Kier molecular flexibility index (Phi) is 4.29. The molecule has 2 N–H and O–H groups in total. The van der Waals surface area contributed by atoms with Crippen LogP contribution in [0.15, 0.2) is 18.3 Å². The number of hydrogen-bond donors (Lipinski definition) is 1. The molecule has 1 aromatic rings. The van der Waals surface area contributed by atoms with Crippen molar-refractivity contribution in [3.63, 3.8) is 0 Å². The zero-order valence-corrected chi connectivity index (χ0v) is 10.7. The molecule has 1 atom stereocenters. The summed E-state index contributed by atoms with van der Waals surface area (Å²) < 4.78 is 39.0. The number of aromatic nitrogens is 1. The van der Waals surface area contributed by atoms with Crippen LogP contribution in [-0.4, -0.2) is 24.1 Å². The summed E-state index contributed by atoms with van der Waals surface area (Å²) in [6.07, 6.45) is 0.532. The molecule has 1 fully saturated rings. The first kappa shape index (κ1) is 14.1. The number of alkyl halides is 3. The molecular formula is C13H18F3N3. The van der Waals surface area contributed by atoms with E-state index in [9.17, 15) is 13.2 Å². The minimum Gasteiger partial charge on any atom is -0.353 e. The Hall–Kier alpha value is -1.30. The molecule has 2 heterocycles. The maximum atomic E-state index is 13.0. The Morgan fingerprint density at radius 1 is 1.42 bits per heavy atom. The highest BCUT2D eigenvalue weighted by Crippen LogP contribution is 2.38.